The van der Waals surface area contributed by atoms with Gasteiger partial charge in [0.05, 0.1) is 5.69 Å². The van der Waals surface area contributed by atoms with Crippen LogP contribution in [0.1, 0.15) is 76.9 Å². The summed E-state index contributed by atoms with van der Waals surface area (Å²) < 4.78 is 2.43. The Bertz CT molecular complexity index is 445. The molecule has 0 unspecified atom stereocenters. The molecule has 0 aromatic carbocycles. The van der Waals surface area contributed by atoms with Gasteiger partial charge in [-0.25, -0.2) is 4.98 Å². The van der Waals surface area contributed by atoms with E-state index in [1.165, 1.54) is 51.4 Å². The number of nitrogens with one attached hydrogen (secondary N) is 1. The molecule has 0 spiro atoms. The van der Waals surface area contributed by atoms with Crippen molar-refractivity contribution in [1.29, 1.82) is 0 Å². The molecule has 0 amide bonds. The van der Waals surface area contributed by atoms with E-state index in [1.807, 2.05) is 0 Å². The van der Waals surface area contributed by atoms with Gasteiger partial charge in [-0.1, -0.05) is 26.7 Å². The molecule has 3 nitrogen and oxygen atoms in total. The summed E-state index contributed by atoms with van der Waals surface area (Å²) in [6.07, 6.45) is 12.9. The third-order valence-corrected chi connectivity index (χ3v) is 5.24. The van der Waals surface area contributed by atoms with E-state index >= 15 is 0 Å². The molecule has 2 fully saturated rings. The lowest BCUT2D eigenvalue weighted by Gasteiger charge is -2.35. The van der Waals surface area contributed by atoms with Crippen molar-refractivity contribution in [2.75, 3.05) is 5.32 Å². The summed E-state index contributed by atoms with van der Waals surface area (Å²) in [5, 5.41) is 3.70. The summed E-state index contributed by atoms with van der Waals surface area (Å²) in [6.45, 7) is 6.92. The van der Waals surface area contributed by atoms with Crippen LogP contribution >= 0.6 is 0 Å². The van der Waals surface area contributed by atoms with Gasteiger partial charge in [-0.2, -0.15) is 0 Å². The minimum atomic E-state index is 0.533. The quantitative estimate of drug-likeness (QED) is 0.867. The van der Waals surface area contributed by atoms with E-state index in [2.05, 4.69) is 36.9 Å². The van der Waals surface area contributed by atoms with Gasteiger partial charge in [0, 0.05) is 18.3 Å². The molecule has 20 heavy (non-hydrogen) atoms. The molecule has 0 radical (unpaired) electrons. The van der Waals surface area contributed by atoms with Crippen LogP contribution in [0.5, 0.6) is 0 Å². The van der Waals surface area contributed by atoms with Crippen molar-refractivity contribution in [1.82, 2.24) is 9.55 Å². The summed E-state index contributed by atoms with van der Waals surface area (Å²) in [5.74, 6) is 1.12. The van der Waals surface area contributed by atoms with Crippen molar-refractivity contribution in [3.8, 4) is 0 Å². The number of nitrogens with zero attached hydrogens (tertiary/aromatic N) is 2. The highest BCUT2D eigenvalue weighted by molar-refractivity contribution is 5.31. The molecular formula is C17H29N3. The third kappa shape index (κ3) is 3.02. The van der Waals surface area contributed by atoms with Crippen LogP contribution in [0.25, 0.3) is 0 Å². The molecule has 3 rings (SSSR count). The number of aromatic nitrogens is 2. The molecule has 0 aliphatic heterocycles. The standard InChI is InChI=1S/C17H29N3/c1-13-12-20(15-8-10-17(2,3)11-9-15)16(18-13)19-14-6-4-5-7-14/h12,14-15H,4-11H2,1-3H3,(H,18,19). The van der Waals surface area contributed by atoms with Gasteiger partial charge in [-0.3, -0.25) is 0 Å². The molecule has 1 N–H and O–H groups in total. The molecule has 2 aliphatic carbocycles. The molecule has 0 atom stereocenters. The molecule has 1 aromatic rings. The maximum atomic E-state index is 4.74. The predicted octanol–water partition coefficient (Wildman–Crippen LogP) is 4.69. The van der Waals surface area contributed by atoms with Gasteiger partial charge in [-0.05, 0) is 50.9 Å². The fourth-order valence-electron chi connectivity index (χ4n) is 3.82. The van der Waals surface area contributed by atoms with Crippen LogP contribution in [0, 0.1) is 12.3 Å². The van der Waals surface area contributed by atoms with Crippen molar-refractivity contribution in [3.05, 3.63) is 11.9 Å². The number of anilines is 1. The normalized spacial score (nSPS) is 24.1. The van der Waals surface area contributed by atoms with Crippen molar-refractivity contribution < 1.29 is 0 Å². The van der Waals surface area contributed by atoms with E-state index in [0.29, 0.717) is 17.5 Å². The first kappa shape index (κ1) is 14.0. The van der Waals surface area contributed by atoms with Crippen LogP contribution in [-0.2, 0) is 0 Å². The average Bonchev–Trinajstić information content (AvgIpc) is 3.00. The Morgan fingerprint density at radius 1 is 1.15 bits per heavy atom. The summed E-state index contributed by atoms with van der Waals surface area (Å²) in [4.78, 5) is 4.74. The Kier molecular flexibility index (Phi) is 3.78. The molecule has 2 aliphatic rings. The number of hydrogen-bond donors (Lipinski definition) is 1. The summed E-state index contributed by atoms with van der Waals surface area (Å²) >= 11 is 0. The smallest absolute Gasteiger partial charge is 0.203 e. The highest BCUT2D eigenvalue weighted by atomic mass is 15.2. The molecule has 2 saturated carbocycles. The number of imidazole rings is 1. The highest BCUT2D eigenvalue weighted by Crippen LogP contribution is 2.41. The third-order valence-electron chi connectivity index (χ3n) is 5.24. The molecule has 1 heterocycles. The van der Waals surface area contributed by atoms with Crippen LogP contribution in [0.2, 0.25) is 0 Å². The maximum Gasteiger partial charge on any atom is 0.203 e. The lowest BCUT2D eigenvalue weighted by molar-refractivity contribution is 0.194. The Morgan fingerprint density at radius 2 is 1.80 bits per heavy atom. The van der Waals surface area contributed by atoms with Crippen molar-refractivity contribution >= 4 is 5.95 Å². The molecule has 1 aromatic heterocycles. The molecule has 0 bridgehead atoms. The van der Waals surface area contributed by atoms with E-state index in [-0.39, 0.29) is 0 Å². The number of rotatable bonds is 3. The van der Waals surface area contributed by atoms with Gasteiger partial charge in [0.2, 0.25) is 5.95 Å². The summed E-state index contributed by atoms with van der Waals surface area (Å²) in [6, 6.07) is 1.30. The largest absolute Gasteiger partial charge is 0.353 e. The minimum absolute atomic E-state index is 0.533. The van der Waals surface area contributed by atoms with Gasteiger partial charge in [-0.15, -0.1) is 0 Å². The lowest BCUT2D eigenvalue weighted by Crippen LogP contribution is -2.25. The van der Waals surface area contributed by atoms with Crippen LogP contribution in [0.4, 0.5) is 5.95 Å². The van der Waals surface area contributed by atoms with E-state index in [1.54, 1.807) is 0 Å². The second-order valence-corrected chi connectivity index (χ2v) is 7.63. The second-order valence-electron chi connectivity index (χ2n) is 7.63. The first-order chi connectivity index (χ1) is 9.53. The van der Waals surface area contributed by atoms with Gasteiger partial charge in [0.15, 0.2) is 0 Å². The molecular weight excluding hydrogens is 246 g/mol. The van der Waals surface area contributed by atoms with Crippen LogP contribution in [0.3, 0.4) is 0 Å². The molecule has 0 saturated heterocycles. The van der Waals surface area contributed by atoms with E-state index in [9.17, 15) is 0 Å². The zero-order chi connectivity index (χ0) is 14.2. The van der Waals surface area contributed by atoms with Crippen molar-refractivity contribution in [3.63, 3.8) is 0 Å². The molecule has 3 heteroatoms. The predicted molar refractivity (Wildman–Crippen MR) is 84.1 cm³/mol. The van der Waals surface area contributed by atoms with Crippen LogP contribution in [-0.4, -0.2) is 15.6 Å². The molecule has 112 valence electrons. The fourth-order valence-corrected chi connectivity index (χ4v) is 3.82. The van der Waals surface area contributed by atoms with E-state index < -0.39 is 0 Å². The second kappa shape index (κ2) is 5.42. The van der Waals surface area contributed by atoms with Crippen LogP contribution < -0.4 is 5.32 Å². The SMILES string of the molecule is Cc1cn(C2CCC(C)(C)CC2)c(NC2CCCC2)n1. The zero-order valence-corrected chi connectivity index (χ0v) is 13.3. The summed E-state index contributed by atoms with van der Waals surface area (Å²) in [5.41, 5.74) is 1.68. The lowest BCUT2D eigenvalue weighted by atomic mass is 9.75. The highest BCUT2D eigenvalue weighted by Gasteiger charge is 2.29. The monoisotopic (exact) mass is 275 g/mol. The first-order valence-electron chi connectivity index (χ1n) is 8.35. The van der Waals surface area contributed by atoms with E-state index in [0.717, 1.165) is 11.6 Å². The Balaban J connectivity index is 1.72. The van der Waals surface area contributed by atoms with Gasteiger partial charge >= 0.3 is 0 Å². The average molecular weight is 275 g/mol. The topological polar surface area (TPSA) is 29.9 Å². The van der Waals surface area contributed by atoms with Gasteiger partial charge in [0.1, 0.15) is 0 Å². The van der Waals surface area contributed by atoms with Gasteiger partial charge in [0.25, 0.3) is 0 Å². The minimum Gasteiger partial charge on any atom is -0.353 e. The van der Waals surface area contributed by atoms with Crippen molar-refractivity contribution in [2.45, 2.75) is 84.2 Å². The fraction of sp³-hybridized carbons (Fsp3) is 0.824. The van der Waals surface area contributed by atoms with Crippen LogP contribution in [0.15, 0.2) is 6.20 Å². The Morgan fingerprint density at radius 3 is 2.45 bits per heavy atom. The van der Waals surface area contributed by atoms with Gasteiger partial charge < -0.3 is 9.88 Å². The number of aryl methyl sites for hydroxylation is 1. The Hall–Kier alpha value is -0.990. The van der Waals surface area contributed by atoms with E-state index in [4.69, 9.17) is 4.98 Å². The Labute approximate surface area is 123 Å². The van der Waals surface area contributed by atoms with Crippen molar-refractivity contribution in [2.24, 2.45) is 5.41 Å². The number of hydrogen-bond acceptors (Lipinski definition) is 2. The first-order valence-corrected chi connectivity index (χ1v) is 8.35. The zero-order valence-electron chi connectivity index (χ0n) is 13.3. The maximum absolute atomic E-state index is 4.74. The summed E-state index contributed by atoms with van der Waals surface area (Å²) in [7, 11) is 0.